The molecule has 2 aromatic rings. The van der Waals surface area contributed by atoms with Crippen LogP contribution in [0.1, 0.15) is 18.4 Å². The van der Waals surface area contributed by atoms with Crippen LogP contribution >= 0.6 is 0 Å². The molecular formula is C15H12FN. The molecule has 17 heavy (non-hydrogen) atoms. The molecule has 0 fully saturated rings. The summed E-state index contributed by atoms with van der Waals surface area (Å²) >= 11 is 0. The average Bonchev–Trinajstić information content (AvgIpc) is 2.38. The van der Waals surface area contributed by atoms with E-state index in [4.69, 9.17) is 5.26 Å². The summed E-state index contributed by atoms with van der Waals surface area (Å²) in [5, 5.41) is 8.79. The van der Waals surface area contributed by atoms with Crippen LogP contribution in [0.25, 0.3) is 11.1 Å². The van der Waals surface area contributed by atoms with Crippen LogP contribution < -0.4 is 0 Å². The molecule has 0 amide bonds. The van der Waals surface area contributed by atoms with Crippen LogP contribution in [0.2, 0.25) is 0 Å². The van der Waals surface area contributed by atoms with Crippen LogP contribution in [0.15, 0.2) is 48.5 Å². The van der Waals surface area contributed by atoms with Crippen molar-refractivity contribution in [2.45, 2.75) is 12.8 Å². The lowest BCUT2D eigenvalue weighted by Crippen LogP contribution is -1.92. The first kappa shape index (κ1) is 11.3. The summed E-state index contributed by atoms with van der Waals surface area (Å²) in [6, 6.07) is 16.5. The lowest BCUT2D eigenvalue weighted by atomic mass is 9.98. The maximum absolute atomic E-state index is 13.9. The summed E-state index contributed by atoms with van der Waals surface area (Å²) in [7, 11) is 0. The first-order chi connectivity index (χ1) is 8.22. The summed E-state index contributed by atoms with van der Waals surface area (Å²) in [6.45, 7) is 1.76. The van der Waals surface area contributed by atoms with Gasteiger partial charge in [0.2, 0.25) is 0 Å². The molecule has 0 radical (unpaired) electrons. The molecule has 2 heteroatoms. The summed E-state index contributed by atoms with van der Waals surface area (Å²) in [4.78, 5) is 0. The number of hydrogen-bond donors (Lipinski definition) is 0. The Bertz CT molecular complexity index is 555. The van der Waals surface area contributed by atoms with E-state index in [1.807, 2.05) is 30.3 Å². The van der Waals surface area contributed by atoms with Gasteiger partial charge in [-0.05, 0) is 24.1 Å². The van der Waals surface area contributed by atoms with E-state index in [1.54, 1.807) is 19.1 Å². The number of hydrogen-bond acceptors (Lipinski definition) is 1. The molecule has 0 aliphatic carbocycles. The lowest BCUT2D eigenvalue weighted by Gasteiger charge is -2.07. The Hall–Kier alpha value is -2.14. The third-order valence-corrected chi connectivity index (χ3v) is 2.77. The van der Waals surface area contributed by atoms with Crippen molar-refractivity contribution in [3.8, 4) is 17.2 Å². The fourth-order valence-electron chi connectivity index (χ4n) is 1.73. The van der Waals surface area contributed by atoms with Crippen LogP contribution in [0.5, 0.6) is 0 Å². The zero-order chi connectivity index (χ0) is 12.3. The van der Waals surface area contributed by atoms with E-state index in [2.05, 4.69) is 6.07 Å². The highest BCUT2D eigenvalue weighted by Crippen LogP contribution is 2.25. The minimum absolute atomic E-state index is 0.282. The van der Waals surface area contributed by atoms with E-state index in [9.17, 15) is 4.39 Å². The van der Waals surface area contributed by atoms with Crippen molar-refractivity contribution in [2.24, 2.45) is 0 Å². The molecule has 1 nitrogen and oxygen atoms in total. The highest BCUT2D eigenvalue weighted by atomic mass is 19.1. The largest absolute Gasteiger partial charge is 0.206 e. The van der Waals surface area contributed by atoms with Gasteiger partial charge in [-0.25, -0.2) is 4.39 Å². The van der Waals surface area contributed by atoms with Gasteiger partial charge in [0, 0.05) is 5.56 Å². The van der Waals surface area contributed by atoms with Crippen molar-refractivity contribution in [3.05, 3.63) is 59.9 Å². The third-order valence-electron chi connectivity index (χ3n) is 2.77. The molecular weight excluding hydrogens is 213 g/mol. The van der Waals surface area contributed by atoms with Crippen LogP contribution in [-0.4, -0.2) is 0 Å². The van der Waals surface area contributed by atoms with Crippen LogP contribution in [0.4, 0.5) is 4.39 Å². The Morgan fingerprint density at radius 3 is 2.41 bits per heavy atom. The van der Waals surface area contributed by atoms with Crippen LogP contribution in [0.3, 0.4) is 0 Å². The van der Waals surface area contributed by atoms with Crippen molar-refractivity contribution < 1.29 is 4.39 Å². The molecule has 0 aliphatic heterocycles. The Kier molecular flexibility index (Phi) is 3.20. The van der Waals surface area contributed by atoms with E-state index < -0.39 is 0 Å². The van der Waals surface area contributed by atoms with Gasteiger partial charge in [-0.1, -0.05) is 42.5 Å². The van der Waals surface area contributed by atoms with E-state index in [0.29, 0.717) is 11.1 Å². The Morgan fingerprint density at radius 1 is 1.12 bits per heavy atom. The second kappa shape index (κ2) is 4.80. The molecule has 0 aliphatic rings. The minimum atomic E-state index is -0.283. The number of nitriles is 1. The molecule has 0 saturated carbocycles. The summed E-state index contributed by atoms with van der Waals surface area (Å²) in [6.07, 6.45) is 0. The highest BCUT2D eigenvalue weighted by Gasteiger charge is 2.09. The van der Waals surface area contributed by atoms with Gasteiger partial charge < -0.3 is 0 Å². The summed E-state index contributed by atoms with van der Waals surface area (Å²) in [5.41, 5.74) is 2.13. The lowest BCUT2D eigenvalue weighted by molar-refractivity contribution is 0.628. The maximum atomic E-state index is 13.9. The van der Waals surface area contributed by atoms with Crippen molar-refractivity contribution in [1.82, 2.24) is 0 Å². The van der Waals surface area contributed by atoms with Crippen molar-refractivity contribution in [3.63, 3.8) is 0 Å². The zero-order valence-corrected chi connectivity index (χ0v) is 9.52. The number of benzene rings is 2. The minimum Gasteiger partial charge on any atom is -0.206 e. The Balaban J connectivity index is 2.43. The SMILES string of the molecule is CC(C#N)c1ccc(-c2ccccc2)c(F)c1. The van der Waals surface area contributed by atoms with Gasteiger partial charge in [-0.3, -0.25) is 0 Å². The van der Waals surface area contributed by atoms with E-state index >= 15 is 0 Å². The third kappa shape index (κ3) is 2.34. The Labute approximate surface area is 100 Å². The maximum Gasteiger partial charge on any atom is 0.131 e. The second-order valence-corrected chi connectivity index (χ2v) is 3.96. The number of halogens is 1. The first-order valence-corrected chi connectivity index (χ1v) is 5.47. The van der Waals surface area contributed by atoms with Crippen LogP contribution in [0, 0.1) is 17.1 Å². The van der Waals surface area contributed by atoms with Gasteiger partial charge in [-0.15, -0.1) is 0 Å². The summed E-state index contributed by atoms with van der Waals surface area (Å²) < 4.78 is 13.9. The predicted octanol–water partition coefficient (Wildman–Crippen LogP) is 4.12. The monoisotopic (exact) mass is 225 g/mol. The molecule has 0 aromatic heterocycles. The fourth-order valence-corrected chi connectivity index (χ4v) is 1.73. The van der Waals surface area contributed by atoms with E-state index in [1.165, 1.54) is 6.07 Å². The van der Waals surface area contributed by atoms with Crippen molar-refractivity contribution >= 4 is 0 Å². The highest BCUT2D eigenvalue weighted by molar-refractivity contribution is 5.64. The second-order valence-electron chi connectivity index (χ2n) is 3.96. The average molecular weight is 225 g/mol. The zero-order valence-electron chi connectivity index (χ0n) is 9.52. The van der Waals surface area contributed by atoms with Gasteiger partial charge >= 0.3 is 0 Å². The molecule has 0 spiro atoms. The quantitative estimate of drug-likeness (QED) is 0.754. The molecule has 0 heterocycles. The van der Waals surface area contributed by atoms with Gasteiger partial charge in [0.25, 0.3) is 0 Å². The van der Waals surface area contributed by atoms with Crippen molar-refractivity contribution in [1.29, 1.82) is 5.26 Å². The molecule has 2 rings (SSSR count). The van der Waals surface area contributed by atoms with Crippen LogP contribution in [-0.2, 0) is 0 Å². The molecule has 0 N–H and O–H groups in total. The normalized spacial score (nSPS) is 11.8. The molecule has 1 unspecified atom stereocenters. The number of rotatable bonds is 2. The predicted molar refractivity (Wildman–Crippen MR) is 65.9 cm³/mol. The van der Waals surface area contributed by atoms with Gasteiger partial charge in [0.05, 0.1) is 12.0 Å². The smallest absolute Gasteiger partial charge is 0.131 e. The molecule has 2 aromatic carbocycles. The first-order valence-electron chi connectivity index (χ1n) is 5.47. The topological polar surface area (TPSA) is 23.8 Å². The number of nitrogens with zero attached hydrogens (tertiary/aromatic N) is 1. The van der Waals surface area contributed by atoms with Gasteiger partial charge in [0.15, 0.2) is 0 Å². The van der Waals surface area contributed by atoms with Gasteiger partial charge in [0.1, 0.15) is 5.82 Å². The molecule has 84 valence electrons. The van der Waals surface area contributed by atoms with E-state index in [0.717, 1.165) is 5.56 Å². The van der Waals surface area contributed by atoms with E-state index in [-0.39, 0.29) is 11.7 Å². The fraction of sp³-hybridized carbons (Fsp3) is 0.133. The Morgan fingerprint density at radius 2 is 1.82 bits per heavy atom. The van der Waals surface area contributed by atoms with Gasteiger partial charge in [-0.2, -0.15) is 5.26 Å². The molecule has 0 bridgehead atoms. The summed E-state index contributed by atoms with van der Waals surface area (Å²) in [5.74, 6) is -0.565. The van der Waals surface area contributed by atoms with Crippen molar-refractivity contribution in [2.75, 3.05) is 0 Å². The standard InChI is InChI=1S/C15H12FN/c1-11(10-17)13-7-8-14(15(16)9-13)12-5-3-2-4-6-12/h2-9,11H,1H3. The molecule has 0 saturated heterocycles. The molecule has 1 atom stereocenters.